The average molecular weight is 289 g/mol. The van der Waals surface area contributed by atoms with Crippen LogP contribution in [0.15, 0.2) is 0 Å². The fourth-order valence-electron chi connectivity index (χ4n) is 1.95. The highest BCUT2D eigenvalue weighted by atomic mass is 32.2. The van der Waals surface area contributed by atoms with Crippen molar-refractivity contribution in [3.63, 3.8) is 0 Å². The largest absolute Gasteiger partial charge is 0.353 e. The number of thioether (sulfide) groups is 1. The summed E-state index contributed by atoms with van der Waals surface area (Å²) in [7, 11) is 0. The van der Waals surface area contributed by atoms with E-state index in [0.29, 0.717) is 6.04 Å². The highest BCUT2D eigenvalue weighted by molar-refractivity contribution is 7.99. The summed E-state index contributed by atoms with van der Waals surface area (Å²) in [5.41, 5.74) is 0. The summed E-state index contributed by atoms with van der Waals surface area (Å²) in [6.45, 7) is 9.45. The lowest BCUT2D eigenvalue weighted by atomic mass is 9.95. The zero-order chi connectivity index (χ0) is 15.3. The third-order valence-electron chi connectivity index (χ3n) is 2.78. The van der Waals surface area contributed by atoms with E-state index in [0.717, 1.165) is 18.1 Å². The topological polar surface area (TPSA) is 46.2 Å². The molecule has 0 radical (unpaired) electrons. The zero-order valence-electron chi connectivity index (χ0n) is 13.4. The molecular formula is C15H31NO2S. The van der Waals surface area contributed by atoms with E-state index < -0.39 is 0 Å². The van der Waals surface area contributed by atoms with Crippen LogP contribution < -0.4 is 5.32 Å². The number of nitrogens with one attached hydrogen (secondary N) is 1. The Morgan fingerprint density at radius 3 is 1.89 bits per heavy atom. The van der Waals surface area contributed by atoms with Crippen molar-refractivity contribution in [1.29, 1.82) is 0 Å². The lowest BCUT2D eigenvalue weighted by Crippen LogP contribution is -2.38. The van der Waals surface area contributed by atoms with E-state index in [1.807, 2.05) is 39.5 Å². The minimum absolute atomic E-state index is 0.0302. The van der Waals surface area contributed by atoms with Crippen molar-refractivity contribution in [2.24, 2.45) is 0 Å². The van der Waals surface area contributed by atoms with Gasteiger partial charge in [-0.15, -0.1) is 0 Å². The van der Waals surface area contributed by atoms with Gasteiger partial charge in [-0.1, -0.05) is 27.7 Å². The van der Waals surface area contributed by atoms with Gasteiger partial charge < -0.3 is 5.32 Å². The normalized spacial score (nSPS) is 21.2. The first-order valence-electron chi connectivity index (χ1n) is 7.43. The minimum atomic E-state index is -0.116. The summed E-state index contributed by atoms with van der Waals surface area (Å²) < 4.78 is 0. The SMILES string of the molecule is CC.CC.CSC1CCC(NC(=O)CC(C)=O)CC1. The van der Waals surface area contributed by atoms with Gasteiger partial charge >= 0.3 is 0 Å². The number of carbonyl (C=O) groups is 2. The van der Waals surface area contributed by atoms with Gasteiger partial charge in [-0.05, 0) is 38.9 Å². The summed E-state index contributed by atoms with van der Waals surface area (Å²) in [5, 5.41) is 3.68. The fourth-order valence-corrected chi connectivity index (χ4v) is 2.69. The third-order valence-corrected chi connectivity index (χ3v) is 3.92. The molecule has 1 fully saturated rings. The van der Waals surface area contributed by atoms with Crippen molar-refractivity contribution < 1.29 is 9.59 Å². The Hall–Kier alpha value is -0.510. The second-order valence-electron chi connectivity index (χ2n) is 4.16. The number of rotatable bonds is 4. The molecule has 0 spiro atoms. The van der Waals surface area contributed by atoms with Crippen LogP contribution in [0.3, 0.4) is 0 Å². The summed E-state index contributed by atoms with van der Waals surface area (Å²) >= 11 is 1.91. The molecule has 0 aromatic rings. The Balaban J connectivity index is 0. The molecule has 1 aliphatic rings. The maximum atomic E-state index is 11.3. The molecule has 0 bridgehead atoms. The van der Waals surface area contributed by atoms with Crippen LogP contribution in [0.25, 0.3) is 0 Å². The maximum absolute atomic E-state index is 11.3. The second kappa shape index (κ2) is 13.9. The number of carbonyl (C=O) groups excluding carboxylic acids is 2. The van der Waals surface area contributed by atoms with Crippen molar-refractivity contribution in [1.82, 2.24) is 5.32 Å². The lowest BCUT2D eigenvalue weighted by Gasteiger charge is -2.27. The molecule has 1 aliphatic carbocycles. The van der Waals surface area contributed by atoms with Gasteiger partial charge in [0.2, 0.25) is 5.91 Å². The van der Waals surface area contributed by atoms with Gasteiger partial charge in [0.05, 0.1) is 6.42 Å². The Bertz CT molecular complexity index is 236. The van der Waals surface area contributed by atoms with Crippen molar-refractivity contribution in [2.45, 2.75) is 78.0 Å². The number of Topliss-reactive ketones (excluding diaryl/α,β-unsaturated/α-hetero) is 1. The first-order chi connectivity index (χ1) is 9.11. The molecule has 114 valence electrons. The highest BCUT2D eigenvalue weighted by Crippen LogP contribution is 2.26. The number of hydrogen-bond donors (Lipinski definition) is 1. The van der Waals surface area contributed by atoms with E-state index in [-0.39, 0.29) is 18.1 Å². The molecule has 19 heavy (non-hydrogen) atoms. The Morgan fingerprint density at radius 2 is 1.53 bits per heavy atom. The smallest absolute Gasteiger partial charge is 0.227 e. The molecule has 1 rings (SSSR count). The summed E-state index contributed by atoms with van der Waals surface area (Å²) in [5.74, 6) is -0.180. The van der Waals surface area contributed by atoms with Gasteiger partial charge in [0.15, 0.2) is 0 Å². The van der Waals surface area contributed by atoms with E-state index in [1.165, 1.54) is 19.8 Å². The van der Waals surface area contributed by atoms with Gasteiger partial charge in [-0.25, -0.2) is 0 Å². The van der Waals surface area contributed by atoms with Crippen LogP contribution in [0.1, 0.15) is 66.7 Å². The quantitative estimate of drug-likeness (QED) is 0.801. The van der Waals surface area contributed by atoms with E-state index >= 15 is 0 Å². The van der Waals surface area contributed by atoms with Gasteiger partial charge in [0.25, 0.3) is 0 Å². The molecule has 0 saturated heterocycles. The van der Waals surface area contributed by atoms with Gasteiger partial charge in [-0.3, -0.25) is 9.59 Å². The molecule has 1 N–H and O–H groups in total. The zero-order valence-corrected chi connectivity index (χ0v) is 14.2. The molecule has 3 nitrogen and oxygen atoms in total. The average Bonchev–Trinajstić information content (AvgIpc) is 2.43. The molecule has 4 heteroatoms. The Labute approximate surface area is 123 Å². The van der Waals surface area contributed by atoms with Crippen molar-refractivity contribution in [3.8, 4) is 0 Å². The standard InChI is InChI=1S/C11H19NO2S.2C2H6/c1-8(13)7-11(14)12-9-3-5-10(15-2)6-4-9;2*1-2/h9-10H,3-7H2,1-2H3,(H,12,14);2*1-2H3. The highest BCUT2D eigenvalue weighted by Gasteiger charge is 2.21. The summed E-state index contributed by atoms with van der Waals surface area (Å²) in [4.78, 5) is 22.1. The Morgan fingerprint density at radius 1 is 1.05 bits per heavy atom. The molecule has 0 aromatic carbocycles. The van der Waals surface area contributed by atoms with Crippen molar-refractivity contribution in [2.75, 3.05) is 6.26 Å². The predicted molar refractivity (Wildman–Crippen MR) is 85.7 cm³/mol. The van der Waals surface area contributed by atoms with Crippen LogP contribution >= 0.6 is 11.8 Å². The number of ketones is 1. The van der Waals surface area contributed by atoms with E-state index in [4.69, 9.17) is 0 Å². The third kappa shape index (κ3) is 11.0. The second-order valence-corrected chi connectivity index (χ2v) is 5.29. The molecule has 0 aliphatic heterocycles. The summed E-state index contributed by atoms with van der Waals surface area (Å²) in [6, 6.07) is 0.292. The van der Waals surface area contributed by atoms with E-state index in [2.05, 4.69) is 11.6 Å². The molecule has 0 unspecified atom stereocenters. The van der Waals surface area contributed by atoms with Crippen molar-refractivity contribution in [3.05, 3.63) is 0 Å². The molecular weight excluding hydrogens is 258 g/mol. The van der Waals surface area contributed by atoms with Gasteiger partial charge in [0.1, 0.15) is 5.78 Å². The predicted octanol–water partition coefficient (Wildman–Crippen LogP) is 3.81. The first kappa shape index (κ1) is 20.8. The van der Waals surface area contributed by atoms with Crippen LogP contribution in [-0.4, -0.2) is 29.2 Å². The first-order valence-corrected chi connectivity index (χ1v) is 8.72. The Kier molecular flexibility index (Phi) is 15.2. The molecule has 0 heterocycles. The van der Waals surface area contributed by atoms with Crippen LogP contribution in [0, 0.1) is 0 Å². The lowest BCUT2D eigenvalue weighted by molar-refractivity contribution is -0.127. The monoisotopic (exact) mass is 289 g/mol. The molecule has 0 aromatic heterocycles. The van der Waals surface area contributed by atoms with Gasteiger partial charge in [0, 0.05) is 11.3 Å². The molecule has 1 amide bonds. The van der Waals surface area contributed by atoms with Gasteiger partial charge in [-0.2, -0.15) is 11.8 Å². The van der Waals surface area contributed by atoms with E-state index in [9.17, 15) is 9.59 Å². The van der Waals surface area contributed by atoms with Crippen LogP contribution in [0.5, 0.6) is 0 Å². The number of amides is 1. The van der Waals surface area contributed by atoms with Crippen LogP contribution in [0.2, 0.25) is 0 Å². The maximum Gasteiger partial charge on any atom is 0.227 e. The molecule has 0 atom stereocenters. The fraction of sp³-hybridized carbons (Fsp3) is 0.867. The van der Waals surface area contributed by atoms with E-state index in [1.54, 1.807) is 0 Å². The minimum Gasteiger partial charge on any atom is -0.353 e. The van der Waals surface area contributed by atoms with Crippen LogP contribution in [-0.2, 0) is 9.59 Å². The van der Waals surface area contributed by atoms with Crippen molar-refractivity contribution >= 4 is 23.5 Å². The number of hydrogen-bond acceptors (Lipinski definition) is 3. The van der Waals surface area contributed by atoms with Crippen LogP contribution in [0.4, 0.5) is 0 Å². The summed E-state index contributed by atoms with van der Waals surface area (Å²) in [6.07, 6.45) is 6.62. The molecule has 1 saturated carbocycles.